The van der Waals surface area contributed by atoms with Gasteiger partial charge in [-0.15, -0.1) is 0 Å². The second-order valence-electron chi connectivity index (χ2n) is 3.48. The lowest BCUT2D eigenvalue weighted by Crippen LogP contribution is -2.01. The van der Waals surface area contributed by atoms with Gasteiger partial charge in [-0.05, 0) is 29.8 Å². The smallest absolute Gasteiger partial charge is 0.269 e. The average Bonchev–Trinajstić information content (AvgIpc) is 2.69. The van der Waals surface area contributed by atoms with Gasteiger partial charge in [0.05, 0.1) is 0 Å². The highest BCUT2D eigenvalue weighted by atomic mass is 32.2. The molecule has 0 aliphatic carbocycles. The van der Waals surface area contributed by atoms with Crippen molar-refractivity contribution in [2.75, 3.05) is 0 Å². The van der Waals surface area contributed by atoms with Gasteiger partial charge in [0.15, 0.2) is 0 Å². The van der Waals surface area contributed by atoms with Gasteiger partial charge in [-0.2, -0.15) is 8.42 Å². The van der Waals surface area contributed by atoms with Crippen LogP contribution in [0.5, 0.6) is 0 Å². The lowest BCUT2D eigenvalue weighted by Gasteiger charge is -2.04. The Morgan fingerprint density at radius 3 is 2.12 bits per heavy atom. The van der Waals surface area contributed by atoms with Gasteiger partial charge >= 0.3 is 0 Å². The fraction of sp³-hybridized carbons (Fsp3) is 0.0909. The normalized spacial score (nSPS) is 11.6. The van der Waals surface area contributed by atoms with Crippen molar-refractivity contribution in [1.82, 2.24) is 4.57 Å². The van der Waals surface area contributed by atoms with E-state index in [1.54, 1.807) is 24.3 Å². The van der Waals surface area contributed by atoms with E-state index in [0.717, 1.165) is 5.69 Å². The van der Waals surface area contributed by atoms with Crippen LogP contribution >= 0.6 is 0 Å². The Morgan fingerprint density at radius 1 is 1.06 bits per heavy atom. The summed E-state index contributed by atoms with van der Waals surface area (Å²) in [6, 6.07) is 10.8. The Kier molecular flexibility index (Phi) is 2.80. The summed E-state index contributed by atoms with van der Waals surface area (Å²) >= 11 is 0. The molecule has 1 N–H and O–H groups in total. The molecule has 0 fully saturated rings. The summed E-state index contributed by atoms with van der Waals surface area (Å²) in [5.74, 6) is -0.348. The fourth-order valence-electron chi connectivity index (χ4n) is 1.48. The number of benzene rings is 1. The Labute approximate surface area is 93.9 Å². The van der Waals surface area contributed by atoms with E-state index in [1.165, 1.54) is 0 Å². The van der Waals surface area contributed by atoms with Crippen molar-refractivity contribution < 1.29 is 13.0 Å². The summed E-state index contributed by atoms with van der Waals surface area (Å²) in [5.41, 5.74) is 1.52. The van der Waals surface area contributed by atoms with E-state index in [9.17, 15) is 8.42 Å². The van der Waals surface area contributed by atoms with Gasteiger partial charge in [-0.3, -0.25) is 4.55 Å². The van der Waals surface area contributed by atoms with Crippen LogP contribution in [0.1, 0.15) is 5.56 Å². The fourth-order valence-corrected chi connectivity index (χ4v) is 2.10. The largest absolute Gasteiger partial charge is 0.324 e. The number of nitrogens with zero attached hydrogens (tertiary/aromatic N) is 1. The van der Waals surface area contributed by atoms with Crippen molar-refractivity contribution >= 4 is 10.1 Å². The minimum Gasteiger partial charge on any atom is -0.324 e. The van der Waals surface area contributed by atoms with Crippen LogP contribution in [0.4, 0.5) is 0 Å². The summed E-state index contributed by atoms with van der Waals surface area (Å²) in [5, 5.41) is 0. The second-order valence-corrected chi connectivity index (χ2v) is 4.94. The topological polar surface area (TPSA) is 59.3 Å². The van der Waals surface area contributed by atoms with E-state index in [-0.39, 0.29) is 5.75 Å². The molecule has 0 atom stereocenters. The van der Waals surface area contributed by atoms with Crippen LogP contribution in [-0.4, -0.2) is 17.5 Å². The zero-order valence-electron chi connectivity index (χ0n) is 8.45. The van der Waals surface area contributed by atoms with Crippen molar-refractivity contribution in [3.63, 3.8) is 0 Å². The molecule has 0 saturated carbocycles. The van der Waals surface area contributed by atoms with Crippen LogP contribution in [0, 0.1) is 0 Å². The molecular formula is C11H11NO3S. The molecule has 0 amide bonds. The Balaban J connectivity index is 2.24. The summed E-state index contributed by atoms with van der Waals surface area (Å²) in [6.07, 6.45) is 3.80. The van der Waals surface area contributed by atoms with Crippen LogP contribution in [0.3, 0.4) is 0 Å². The third-order valence-electron chi connectivity index (χ3n) is 2.19. The summed E-state index contributed by atoms with van der Waals surface area (Å²) in [4.78, 5) is 0. The molecule has 1 aromatic carbocycles. The lowest BCUT2D eigenvalue weighted by atomic mass is 10.2. The molecule has 1 aromatic heterocycles. The average molecular weight is 237 g/mol. The van der Waals surface area contributed by atoms with E-state index in [1.807, 2.05) is 29.1 Å². The molecule has 16 heavy (non-hydrogen) atoms. The molecule has 1 heterocycles. The minimum absolute atomic E-state index is 0.348. The van der Waals surface area contributed by atoms with Gasteiger partial charge in [0, 0.05) is 18.1 Å². The van der Waals surface area contributed by atoms with Gasteiger partial charge in [-0.25, -0.2) is 0 Å². The predicted molar refractivity (Wildman–Crippen MR) is 61.0 cm³/mol. The van der Waals surface area contributed by atoms with E-state index in [0.29, 0.717) is 5.56 Å². The first-order valence-corrected chi connectivity index (χ1v) is 6.33. The third-order valence-corrected chi connectivity index (χ3v) is 2.89. The van der Waals surface area contributed by atoms with Crippen molar-refractivity contribution in [3.8, 4) is 5.69 Å². The van der Waals surface area contributed by atoms with Crippen molar-refractivity contribution in [3.05, 3.63) is 54.4 Å². The second kappa shape index (κ2) is 4.11. The van der Waals surface area contributed by atoms with Crippen LogP contribution in [0.25, 0.3) is 5.69 Å². The van der Waals surface area contributed by atoms with Crippen molar-refractivity contribution in [1.29, 1.82) is 0 Å². The highest BCUT2D eigenvalue weighted by molar-refractivity contribution is 7.85. The van der Waals surface area contributed by atoms with E-state index in [2.05, 4.69) is 0 Å². The molecule has 4 nitrogen and oxygen atoms in total. The Hall–Kier alpha value is -1.59. The van der Waals surface area contributed by atoms with Gasteiger partial charge in [0.25, 0.3) is 10.1 Å². The Bertz CT molecular complexity index is 556. The molecule has 0 spiro atoms. The zero-order valence-corrected chi connectivity index (χ0v) is 9.26. The molecule has 84 valence electrons. The number of hydrogen-bond acceptors (Lipinski definition) is 2. The molecule has 0 radical (unpaired) electrons. The van der Waals surface area contributed by atoms with Crippen LogP contribution in [-0.2, 0) is 15.9 Å². The van der Waals surface area contributed by atoms with Gasteiger partial charge in [0.2, 0.25) is 0 Å². The van der Waals surface area contributed by atoms with E-state index in [4.69, 9.17) is 4.55 Å². The SMILES string of the molecule is O=S(=O)(O)Cc1ccc(-n2cccc2)cc1. The maximum absolute atomic E-state index is 10.7. The molecule has 2 rings (SSSR count). The summed E-state index contributed by atoms with van der Waals surface area (Å²) < 4.78 is 31.9. The highest BCUT2D eigenvalue weighted by Gasteiger charge is 2.06. The highest BCUT2D eigenvalue weighted by Crippen LogP contribution is 2.11. The number of aromatic nitrogens is 1. The standard InChI is InChI=1S/C11H11NO3S/c13-16(14,15)9-10-3-5-11(6-4-10)12-7-1-2-8-12/h1-8H,9H2,(H,13,14,15). The van der Waals surface area contributed by atoms with Crippen molar-refractivity contribution in [2.24, 2.45) is 0 Å². The quantitative estimate of drug-likeness (QED) is 0.829. The molecule has 0 aliphatic heterocycles. The van der Waals surface area contributed by atoms with E-state index >= 15 is 0 Å². The maximum atomic E-state index is 10.7. The number of hydrogen-bond donors (Lipinski definition) is 1. The predicted octanol–water partition coefficient (Wildman–Crippen LogP) is 1.87. The van der Waals surface area contributed by atoms with Crippen LogP contribution in [0.15, 0.2) is 48.8 Å². The molecule has 2 aromatic rings. The first-order chi connectivity index (χ1) is 7.54. The molecule has 0 unspecified atom stereocenters. The monoisotopic (exact) mass is 237 g/mol. The van der Waals surface area contributed by atoms with E-state index < -0.39 is 10.1 Å². The zero-order chi connectivity index (χ0) is 11.6. The molecular weight excluding hydrogens is 226 g/mol. The maximum Gasteiger partial charge on any atom is 0.269 e. The van der Waals surface area contributed by atoms with Gasteiger partial charge in [0.1, 0.15) is 5.75 Å². The first-order valence-electron chi connectivity index (χ1n) is 4.72. The van der Waals surface area contributed by atoms with Crippen molar-refractivity contribution in [2.45, 2.75) is 5.75 Å². The third kappa shape index (κ3) is 2.71. The Morgan fingerprint density at radius 2 is 1.62 bits per heavy atom. The van der Waals surface area contributed by atoms with Crippen LogP contribution in [0.2, 0.25) is 0 Å². The summed E-state index contributed by atoms with van der Waals surface area (Å²) in [7, 11) is -3.95. The molecule has 0 aliphatic rings. The minimum atomic E-state index is -3.95. The van der Waals surface area contributed by atoms with Crippen LogP contribution < -0.4 is 0 Å². The van der Waals surface area contributed by atoms with Gasteiger partial charge in [-0.1, -0.05) is 12.1 Å². The summed E-state index contributed by atoms with van der Waals surface area (Å²) in [6.45, 7) is 0. The molecule has 0 saturated heterocycles. The lowest BCUT2D eigenvalue weighted by molar-refractivity contribution is 0.482. The van der Waals surface area contributed by atoms with Gasteiger partial charge < -0.3 is 4.57 Å². The number of rotatable bonds is 3. The first kappa shape index (κ1) is 10.9. The molecule has 0 bridgehead atoms. The molecule has 5 heteroatoms.